The standard InChI is InChI=1S/C20H18F2N2O2.C2H6/c1-23(2)19(26)24-12-14(17-10-16(21)8-9-18(17)22)11-20(24,13-25)15-6-4-3-5-7-15;1-2/h3-11,13H,12H2,1-2H3;1-2H3. The number of amides is 2. The molecule has 3 rings (SSSR count). The Labute approximate surface area is 164 Å². The summed E-state index contributed by atoms with van der Waals surface area (Å²) in [6.07, 6.45) is 2.20. The maximum atomic E-state index is 14.3. The predicted molar refractivity (Wildman–Crippen MR) is 106 cm³/mol. The van der Waals surface area contributed by atoms with E-state index in [2.05, 4.69) is 0 Å². The van der Waals surface area contributed by atoms with Gasteiger partial charge in [0, 0.05) is 26.2 Å². The highest BCUT2D eigenvalue weighted by Crippen LogP contribution is 2.40. The number of rotatable bonds is 3. The minimum atomic E-state index is -1.38. The molecule has 1 aliphatic rings. The number of urea groups is 1. The van der Waals surface area contributed by atoms with E-state index in [1.165, 1.54) is 15.9 Å². The fraction of sp³-hybridized carbons (Fsp3) is 0.273. The molecule has 0 aromatic heterocycles. The van der Waals surface area contributed by atoms with Crippen molar-refractivity contribution in [1.82, 2.24) is 9.80 Å². The van der Waals surface area contributed by atoms with Crippen LogP contribution in [-0.2, 0) is 10.3 Å². The number of carbonyl (C=O) groups is 2. The van der Waals surface area contributed by atoms with Crippen molar-refractivity contribution in [3.63, 3.8) is 0 Å². The molecule has 0 spiro atoms. The average molecular weight is 386 g/mol. The summed E-state index contributed by atoms with van der Waals surface area (Å²) < 4.78 is 27.9. The van der Waals surface area contributed by atoms with Crippen molar-refractivity contribution < 1.29 is 18.4 Å². The zero-order chi connectivity index (χ0) is 20.9. The van der Waals surface area contributed by atoms with E-state index in [4.69, 9.17) is 0 Å². The van der Waals surface area contributed by atoms with Crippen LogP contribution in [0.1, 0.15) is 25.0 Å². The number of aldehydes is 1. The maximum Gasteiger partial charge on any atom is 0.321 e. The van der Waals surface area contributed by atoms with E-state index in [9.17, 15) is 18.4 Å². The quantitative estimate of drug-likeness (QED) is 0.731. The van der Waals surface area contributed by atoms with Crippen molar-refractivity contribution in [2.45, 2.75) is 19.4 Å². The fourth-order valence-corrected chi connectivity index (χ4v) is 3.17. The van der Waals surface area contributed by atoms with Crippen molar-refractivity contribution in [2.75, 3.05) is 20.6 Å². The molecule has 28 heavy (non-hydrogen) atoms. The van der Waals surface area contributed by atoms with Crippen molar-refractivity contribution in [3.8, 4) is 0 Å². The maximum absolute atomic E-state index is 14.3. The molecule has 6 heteroatoms. The van der Waals surface area contributed by atoms with Gasteiger partial charge in [-0.15, -0.1) is 0 Å². The van der Waals surface area contributed by atoms with Gasteiger partial charge in [0.2, 0.25) is 0 Å². The number of benzene rings is 2. The summed E-state index contributed by atoms with van der Waals surface area (Å²) in [5.74, 6) is -1.19. The Morgan fingerprint density at radius 2 is 1.75 bits per heavy atom. The Bertz CT molecular complexity index is 881. The van der Waals surface area contributed by atoms with E-state index in [0.29, 0.717) is 17.4 Å². The van der Waals surface area contributed by atoms with E-state index in [0.717, 1.165) is 18.2 Å². The second-order valence-electron chi connectivity index (χ2n) is 6.37. The van der Waals surface area contributed by atoms with Gasteiger partial charge in [-0.3, -0.25) is 4.79 Å². The third-order valence-electron chi connectivity index (χ3n) is 4.47. The molecule has 1 atom stereocenters. The minimum absolute atomic E-state index is 0.00891. The summed E-state index contributed by atoms with van der Waals surface area (Å²) >= 11 is 0. The lowest BCUT2D eigenvalue weighted by Crippen LogP contribution is -2.50. The normalized spacial score (nSPS) is 18.1. The number of carbonyl (C=O) groups excluding carboxylic acids is 2. The van der Waals surface area contributed by atoms with E-state index in [1.807, 2.05) is 13.8 Å². The fourth-order valence-electron chi connectivity index (χ4n) is 3.17. The Balaban J connectivity index is 0.00000136. The average Bonchev–Trinajstić information content (AvgIpc) is 3.12. The monoisotopic (exact) mass is 386 g/mol. The van der Waals surface area contributed by atoms with E-state index < -0.39 is 23.2 Å². The molecule has 0 saturated heterocycles. The van der Waals surface area contributed by atoms with Gasteiger partial charge in [0.05, 0.1) is 0 Å². The molecule has 1 heterocycles. The second kappa shape index (κ2) is 8.78. The Kier molecular flexibility index (Phi) is 6.67. The van der Waals surface area contributed by atoms with Crippen molar-refractivity contribution in [3.05, 3.63) is 77.4 Å². The van der Waals surface area contributed by atoms with Gasteiger partial charge in [-0.1, -0.05) is 44.2 Å². The lowest BCUT2D eigenvalue weighted by molar-refractivity contribution is -0.114. The zero-order valence-corrected chi connectivity index (χ0v) is 16.4. The van der Waals surface area contributed by atoms with Gasteiger partial charge < -0.3 is 9.80 Å². The smallest absolute Gasteiger partial charge is 0.321 e. The van der Waals surface area contributed by atoms with Crippen LogP contribution in [0.25, 0.3) is 5.57 Å². The van der Waals surface area contributed by atoms with Crippen LogP contribution in [0, 0.1) is 11.6 Å². The van der Waals surface area contributed by atoms with Gasteiger partial charge in [-0.2, -0.15) is 0 Å². The topological polar surface area (TPSA) is 40.6 Å². The molecule has 2 aromatic carbocycles. The van der Waals surface area contributed by atoms with E-state index in [-0.39, 0.29) is 12.1 Å². The Hall–Kier alpha value is -3.02. The summed E-state index contributed by atoms with van der Waals surface area (Å²) in [4.78, 5) is 27.6. The first-order valence-corrected chi connectivity index (χ1v) is 9.07. The first-order chi connectivity index (χ1) is 13.4. The molecule has 2 amide bonds. The SMILES string of the molecule is CC.CN(C)C(=O)N1CC(c2cc(F)ccc2F)=CC1(C=O)c1ccccc1. The minimum Gasteiger partial charge on any atom is -0.331 e. The van der Waals surface area contributed by atoms with Gasteiger partial charge >= 0.3 is 6.03 Å². The molecule has 0 aliphatic carbocycles. The summed E-state index contributed by atoms with van der Waals surface area (Å²) in [6.45, 7) is 3.99. The van der Waals surface area contributed by atoms with Crippen LogP contribution in [0.15, 0.2) is 54.6 Å². The number of halogens is 2. The summed E-state index contributed by atoms with van der Waals surface area (Å²) in [7, 11) is 3.15. The van der Waals surface area contributed by atoms with Crippen LogP contribution in [0.2, 0.25) is 0 Å². The van der Waals surface area contributed by atoms with Crippen LogP contribution in [0.5, 0.6) is 0 Å². The molecular weight excluding hydrogens is 362 g/mol. The lowest BCUT2D eigenvalue weighted by atomic mass is 9.90. The largest absolute Gasteiger partial charge is 0.331 e. The van der Waals surface area contributed by atoms with Crippen molar-refractivity contribution >= 4 is 17.9 Å². The second-order valence-corrected chi connectivity index (χ2v) is 6.37. The van der Waals surface area contributed by atoms with E-state index >= 15 is 0 Å². The highest BCUT2D eigenvalue weighted by Gasteiger charge is 2.45. The molecule has 148 valence electrons. The number of hydrogen-bond acceptors (Lipinski definition) is 2. The molecular formula is C22H24F2N2O2. The van der Waals surface area contributed by atoms with Gasteiger partial charge in [0.1, 0.15) is 17.2 Å². The third kappa shape index (κ3) is 3.81. The van der Waals surface area contributed by atoms with Gasteiger partial charge in [0.25, 0.3) is 0 Å². The van der Waals surface area contributed by atoms with Gasteiger partial charge in [-0.05, 0) is 35.4 Å². The molecule has 2 aromatic rings. The van der Waals surface area contributed by atoms with Crippen LogP contribution in [0.3, 0.4) is 0 Å². The first-order valence-electron chi connectivity index (χ1n) is 9.07. The lowest BCUT2D eigenvalue weighted by Gasteiger charge is -2.35. The first kappa shape index (κ1) is 21.3. The van der Waals surface area contributed by atoms with Crippen molar-refractivity contribution in [1.29, 1.82) is 0 Å². The van der Waals surface area contributed by atoms with Crippen LogP contribution < -0.4 is 0 Å². The molecule has 0 saturated carbocycles. The Morgan fingerprint density at radius 3 is 2.32 bits per heavy atom. The van der Waals surface area contributed by atoms with Gasteiger partial charge in [-0.25, -0.2) is 13.6 Å². The van der Waals surface area contributed by atoms with Crippen molar-refractivity contribution in [2.24, 2.45) is 0 Å². The molecule has 0 fully saturated rings. The Morgan fingerprint density at radius 1 is 1.11 bits per heavy atom. The molecule has 4 nitrogen and oxygen atoms in total. The van der Waals surface area contributed by atoms with Gasteiger partial charge in [0.15, 0.2) is 6.29 Å². The van der Waals surface area contributed by atoms with E-state index in [1.54, 1.807) is 44.4 Å². The van der Waals surface area contributed by atoms with Crippen LogP contribution in [0.4, 0.5) is 13.6 Å². The molecule has 0 N–H and O–H groups in total. The molecule has 1 aliphatic heterocycles. The highest BCUT2D eigenvalue weighted by atomic mass is 19.1. The molecule has 0 bridgehead atoms. The number of nitrogens with zero attached hydrogens (tertiary/aromatic N) is 2. The molecule has 1 unspecified atom stereocenters. The molecule has 0 radical (unpaired) electrons. The highest BCUT2D eigenvalue weighted by molar-refractivity contribution is 5.90. The van der Waals surface area contributed by atoms with Crippen LogP contribution >= 0.6 is 0 Å². The summed E-state index contributed by atoms with van der Waals surface area (Å²) in [6, 6.07) is 11.5. The number of hydrogen-bond donors (Lipinski definition) is 0. The third-order valence-corrected chi connectivity index (χ3v) is 4.47. The predicted octanol–water partition coefficient (Wildman–Crippen LogP) is 4.47. The van der Waals surface area contributed by atoms with Crippen LogP contribution in [-0.4, -0.2) is 42.8 Å². The summed E-state index contributed by atoms with van der Waals surface area (Å²) in [5.41, 5.74) is -0.372. The summed E-state index contributed by atoms with van der Waals surface area (Å²) in [5, 5.41) is 0. The zero-order valence-electron chi connectivity index (χ0n) is 16.4.